The summed E-state index contributed by atoms with van der Waals surface area (Å²) >= 11 is 1.45. The van der Waals surface area contributed by atoms with Crippen LogP contribution in [0.25, 0.3) is 0 Å². The van der Waals surface area contributed by atoms with E-state index in [1.165, 1.54) is 18.9 Å². The van der Waals surface area contributed by atoms with Crippen molar-refractivity contribution in [2.75, 3.05) is 13.7 Å². The van der Waals surface area contributed by atoms with E-state index in [0.717, 1.165) is 4.90 Å². The Bertz CT molecular complexity index is 679. The van der Waals surface area contributed by atoms with E-state index in [9.17, 15) is 4.79 Å². The van der Waals surface area contributed by atoms with Crippen LogP contribution in [0.3, 0.4) is 0 Å². The van der Waals surface area contributed by atoms with Crippen LogP contribution in [0, 0.1) is 17.8 Å². The molecule has 0 saturated carbocycles. The number of esters is 1. The van der Waals surface area contributed by atoms with Gasteiger partial charge >= 0.3 is 5.97 Å². The molecule has 0 bridgehead atoms. The zero-order valence-electron chi connectivity index (χ0n) is 17.6. The van der Waals surface area contributed by atoms with Gasteiger partial charge in [-0.2, -0.15) is 0 Å². The number of carbonyl (C=O) groups is 1. The maximum atomic E-state index is 12.9. The van der Waals surface area contributed by atoms with Crippen molar-refractivity contribution in [3.8, 4) is 0 Å². The van der Waals surface area contributed by atoms with Crippen molar-refractivity contribution in [2.24, 2.45) is 17.8 Å². The Morgan fingerprint density at radius 2 is 1.89 bits per heavy atom. The van der Waals surface area contributed by atoms with Gasteiger partial charge in [0.25, 0.3) is 0 Å². The Morgan fingerprint density at radius 3 is 2.46 bits per heavy atom. The topological polar surface area (TPSA) is 54.0 Å². The first kappa shape index (κ1) is 21.6. The van der Waals surface area contributed by atoms with E-state index in [0.29, 0.717) is 18.9 Å². The van der Waals surface area contributed by atoms with Crippen molar-refractivity contribution >= 4 is 17.7 Å². The zero-order chi connectivity index (χ0) is 20.5. The lowest BCUT2D eigenvalue weighted by Crippen LogP contribution is -2.54. The summed E-state index contributed by atoms with van der Waals surface area (Å²) in [5, 5.41) is 0. The second kappa shape index (κ2) is 8.34. The summed E-state index contributed by atoms with van der Waals surface area (Å²) in [4.78, 5) is 12.8. The summed E-state index contributed by atoms with van der Waals surface area (Å²) < 4.78 is 23.7. The highest BCUT2D eigenvalue weighted by Gasteiger charge is 2.53. The zero-order valence-corrected chi connectivity index (χ0v) is 18.5. The number of benzene rings is 1. The summed E-state index contributed by atoms with van der Waals surface area (Å²) in [5.74, 6) is -0.245. The molecule has 1 unspecified atom stereocenters. The number of hydrogen-bond acceptors (Lipinski definition) is 6. The maximum Gasteiger partial charge on any atom is 0.349 e. The monoisotopic (exact) mass is 408 g/mol. The van der Waals surface area contributed by atoms with E-state index in [4.69, 9.17) is 18.9 Å². The van der Waals surface area contributed by atoms with Crippen molar-refractivity contribution < 1.29 is 23.7 Å². The third kappa shape index (κ3) is 4.40. The number of carbonyl (C=O) groups excluding carboxylic acids is 1. The molecule has 6 atom stereocenters. The predicted octanol–water partition coefficient (Wildman–Crippen LogP) is 4.50. The molecule has 0 N–H and O–H groups in total. The number of ether oxygens (including phenoxy) is 4. The Balaban J connectivity index is 1.87. The van der Waals surface area contributed by atoms with Gasteiger partial charge in [0.1, 0.15) is 0 Å². The lowest BCUT2D eigenvalue weighted by molar-refractivity contribution is -0.197. The standard InChI is InChI=1S/C22H32O5S/c1-14-12-22(20(23)24-6,28-17-10-8-7-9-11-17)27-19(15(14)2)16(3)18-13-25-21(4,5)26-18/h7-11,14-16,18-19H,12-13H2,1-6H3/t14-,15-,16-,18-,19?,22-/m1/s1. The molecule has 5 nitrogen and oxygen atoms in total. The molecule has 2 aliphatic rings. The molecule has 0 aliphatic carbocycles. The van der Waals surface area contributed by atoms with Crippen LogP contribution in [0.5, 0.6) is 0 Å². The van der Waals surface area contributed by atoms with Gasteiger partial charge in [0.15, 0.2) is 5.79 Å². The third-order valence-corrected chi connectivity index (χ3v) is 7.26. The van der Waals surface area contributed by atoms with Crippen molar-refractivity contribution in [1.82, 2.24) is 0 Å². The number of methoxy groups -OCH3 is 1. The lowest BCUT2D eigenvalue weighted by atomic mass is 9.77. The molecular weight excluding hydrogens is 376 g/mol. The van der Waals surface area contributed by atoms with Crippen molar-refractivity contribution in [3.63, 3.8) is 0 Å². The predicted molar refractivity (Wildman–Crippen MR) is 109 cm³/mol. The van der Waals surface area contributed by atoms with E-state index in [-0.39, 0.29) is 30.0 Å². The average molecular weight is 409 g/mol. The molecular formula is C22H32O5S. The smallest absolute Gasteiger partial charge is 0.349 e. The van der Waals surface area contributed by atoms with Gasteiger partial charge in [-0.25, -0.2) is 4.79 Å². The van der Waals surface area contributed by atoms with Gasteiger partial charge in [-0.1, -0.05) is 50.7 Å². The molecule has 2 fully saturated rings. The van der Waals surface area contributed by atoms with Gasteiger partial charge in [0, 0.05) is 17.2 Å². The van der Waals surface area contributed by atoms with Gasteiger partial charge < -0.3 is 18.9 Å². The van der Waals surface area contributed by atoms with E-state index >= 15 is 0 Å². The van der Waals surface area contributed by atoms with Crippen LogP contribution in [-0.2, 0) is 23.7 Å². The Labute approximate surface area is 172 Å². The van der Waals surface area contributed by atoms with Crippen molar-refractivity contribution in [1.29, 1.82) is 0 Å². The largest absolute Gasteiger partial charge is 0.466 e. The molecule has 2 aliphatic heterocycles. The normalized spacial score (nSPS) is 36.1. The Hall–Kier alpha value is -1.08. The highest BCUT2D eigenvalue weighted by atomic mass is 32.2. The minimum Gasteiger partial charge on any atom is -0.466 e. The summed E-state index contributed by atoms with van der Waals surface area (Å²) in [6, 6.07) is 9.89. The number of rotatable bonds is 5. The van der Waals surface area contributed by atoms with E-state index < -0.39 is 10.7 Å². The van der Waals surface area contributed by atoms with E-state index in [1.807, 2.05) is 44.2 Å². The summed E-state index contributed by atoms with van der Waals surface area (Å²) in [6.07, 6.45) is 0.406. The molecule has 0 aromatic heterocycles. The molecule has 28 heavy (non-hydrogen) atoms. The van der Waals surface area contributed by atoms with Gasteiger partial charge in [-0.05, 0) is 37.8 Å². The molecule has 2 heterocycles. The summed E-state index contributed by atoms with van der Waals surface area (Å²) in [5.41, 5.74) is 0. The fourth-order valence-electron chi connectivity index (χ4n) is 4.15. The fourth-order valence-corrected chi connectivity index (χ4v) is 5.50. The molecule has 0 radical (unpaired) electrons. The van der Waals surface area contributed by atoms with Gasteiger partial charge in [-0.3, -0.25) is 0 Å². The lowest BCUT2D eigenvalue weighted by Gasteiger charge is -2.47. The first-order chi connectivity index (χ1) is 13.2. The second-order valence-electron chi connectivity index (χ2n) is 8.51. The molecule has 2 saturated heterocycles. The molecule has 6 heteroatoms. The van der Waals surface area contributed by atoms with Gasteiger partial charge in [0.2, 0.25) is 4.93 Å². The van der Waals surface area contributed by atoms with Crippen LogP contribution in [0.2, 0.25) is 0 Å². The molecule has 1 aromatic rings. The van der Waals surface area contributed by atoms with Crippen LogP contribution in [0.15, 0.2) is 35.2 Å². The van der Waals surface area contributed by atoms with Gasteiger partial charge in [-0.15, -0.1) is 0 Å². The van der Waals surface area contributed by atoms with Crippen LogP contribution in [0.4, 0.5) is 0 Å². The number of thioether (sulfide) groups is 1. The van der Waals surface area contributed by atoms with E-state index in [1.54, 1.807) is 0 Å². The second-order valence-corrected chi connectivity index (χ2v) is 9.84. The summed E-state index contributed by atoms with van der Waals surface area (Å²) in [6.45, 7) is 10.9. The molecule has 156 valence electrons. The number of hydrogen-bond donors (Lipinski definition) is 0. The van der Waals surface area contributed by atoms with Gasteiger partial charge in [0.05, 0.1) is 25.9 Å². The fraction of sp³-hybridized carbons (Fsp3) is 0.682. The minimum atomic E-state index is -1.06. The Kier molecular flexibility index (Phi) is 6.44. The molecule has 0 spiro atoms. The molecule has 0 amide bonds. The van der Waals surface area contributed by atoms with E-state index in [2.05, 4.69) is 20.8 Å². The van der Waals surface area contributed by atoms with Crippen LogP contribution in [-0.4, -0.2) is 42.6 Å². The average Bonchev–Trinajstić information content (AvgIpc) is 3.04. The molecule has 3 rings (SSSR count). The van der Waals surface area contributed by atoms with Crippen molar-refractivity contribution in [3.05, 3.63) is 30.3 Å². The maximum absolute atomic E-state index is 12.9. The first-order valence-corrected chi connectivity index (χ1v) is 10.8. The Morgan fingerprint density at radius 1 is 1.21 bits per heavy atom. The first-order valence-electron chi connectivity index (χ1n) is 9.99. The highest BCUT2D eigenvalue weighted by Crippen LogP contribution is 2.49. The summed E-state index contributed by atoms with van der Waals surface area (Å²) in [7, 11) is 1.43. The SMILES string of the molecule is COC(=O)[C@]1(Sc2ccccc2)C[C@@H](C)[C@@H](C)C([C@H](C)[C@H]2COC(C)(C)O2)O1. The van der Waals surface area contributed by atoms with Crippen molar-refractivity contribution in [2.45, 2.75) is 68.9 Å². The third-order valence-electron chi connectivity index (χ3n) is 5.99. The van der Waals surface area contributed by atoms with Crippen LogP contribution in [0.1, 0.15) is 41.0 Å². The van der Waals surface area contributed by atoms with Crippen LogP contribution < -0.4 is 0 Å². The highest BCUT2D eigenvalue weighted by molar-refractivity contribution is 8.01. The minimum absolute atomic E-state index is 0.0650. The quantitative estimate of drug-likeness (QED) is 0.669. The van der Waals surface area contributed by atoms with Crippen LogP contribution >= 0.6 is 11.8 Å². The molecule has 1 aromatic carbocycles.